The van der Waals surface area contributed by atoms with E-state index in [2.05, 4.69) is 0 Å². The van der Waals surface area contributed by atoms with Gasteiger partial charge in [0.1, 0.15) is 0 Å². The fraction of sp³-hybridized carbons (Fsp3) is 1.00. The van der Waals surface area contributed by atoms with Crippen molar-refractivity contribution < 1.29 is 31.4 Å². The molecule has 0 atom stereocenters. The molecule has 0 aliphatic heterocycles. The maximum atomic E-state index is 9.33. The monoisotopic (exact) mass is 152 g/mol. The molecule has 0 amide bonds. The number of hydrogen-bond donors (Lipinski definition) is 2. The number of hydrogen-bond acceptors (Lipinski definition) is 1. The summed E-state index contributed by atoms with van der Waals surface area (Å²) in [7, 11) is -3.64. The smallest absolute Gasteiger partial charge is 0.322 e. The van der Waals surface area contributed by atoms with Crippen LogP contribution in [0, 0.1) is 0 Å². The van der Waals surface area contributed by atoms with Gasteiger partial charge >= 0.3 is 7.60 Å². The molecule has 0 bridgehead atoms. The summed E-state index contributed by atoms with van der Waals surface area (Å²) in [6, 6.07) is 0. The molecule has 0 aliphatic rings. The summed E-state index contributed by atoms with van der Waals surface area (Å²) in [5, 5.41) is 0. The van der Waals surface area contributed by atoms with Gasteiger partial charge in [-0.05, 0) is 0 Å². The van der Waals surface area contributed by atoms with E-state index in [1.54, 1.807) is 0 Å². The van der Waals surface area contributed by atoms with Crippen LogP contribution in [0.1, 0.15) is 0 Å². The van der Waals surface area contributed by atoms with Gasteiger partial charge in [0.25, 0.3) is 0 Å². The van der Waals surface area contributed by atoms with Crippen molar-refractivity contribution >= 4 is 7.60 Å². The summed E-state index contributed by atoms with van der Waals surface area (Å²) in [6.07, 6.45) is 0. The summed E-state index contributed by atoms with van der Waals surface area (Å²) in [4.78, 5) is 15.3. The summed E-state index contributed by atoms with van der Waals surface area (Å²) in [6.45, 7) is 0.854. The summed E-state index contributed by atoms with van der Waals surface area (Å²) >= 11 is 0. The van der Waals surface area contributed by atoms with Crippen LogP contribution in [-0.4, -0.2) is 16.5 Å². The predicted octanol–water partition coefficient (Wildman–Crippen LogP) is -0.209. The van der Waals surface area contributed by atoms with Gasteiger partial charge in [-0.3, -0.25) is 4.57 Å². The molecule has 0 radical (unpaired) electrons. The van der Waals surface area contributed by atoms with E-state index < -0.39 is 7.60 Å². The van der Waals surface area contributed by atoms with E-state index in [1.165, 1.54) is 0 Å². The Morgan fingerprint density at radius 1 is 1.50 bits per heavy atom. The molecule has 40 valence electrons. The van der Waals surface area contributed by atoms with Crippen molar-refractivity contribution in [3.05, 3.63) is 0 Å². The van der Waals surface area contributed by atoms with E-state index in [1.807, 2.05) is 0 Å². The van der Waals surface area contributed by atoms with Gasteiger partial charge in [-0.1, -0.05) is 0 Å². The van der Waals surface area contributed by atoms with Crippen molar-refractivity contribution in [1.82, 2.24) is 0 Å². The minimum atomic E-state index is -3.64. The summed E-state index contributed by atoms with van der Waals surface area (Å²) < 4.78 is 9.33. The molecular weight excluding hydrogens is 147 g/mol. The third kappa shape index (κ3) is 140. The standard InChI is InChI=1S/CH5O3P.Fe/c1-5(2,3)4;/h1H3,(H2,2,3,4);. The molecule has 6 heavy (non-hydrogen) atoms. The van der Waals surface area contributed by atoms with Crippen molar-refractivity contribution in [2.45, 2.75) is 0 Å². The van der Waals surface area contributed by atoms with Crippen molar-refractivity contribution in [3.63, 3.8) is 0 Å². The van der Waals surface area contributed by atoms with Gasteiger partial charge in [-0.2, -0.15) is 0 Å². The Morgan fingerprint density at radius 2 is 1.50 bits per heavy atom. The molecule has 0 aliphatic carbocycles. The van der Waals surface area contributed by atoms with Crippen molar-refractivity contribution in [2.24, 2.45) is 0 Å². The average molecular weight is 152 g/mol. The van der Waals surface area contributed by atoms with Crippen LogP contribution in [0.15, 0.2) is 0 Å². The molecular formula is CH5FeO3P. The Hall–Kier alpha value is 0.669. The van der Waals surface area contributed by atoms with Crippen molar-refractivity contribution in [3.8, 4) is 0 Å². The van der Waals surface area contributed by atoms with Gasteiger partial charge in [0.05, 0.1) is 0 Å². The number of rotatable bonds is 0. The maximum absolute atomic E-state index is 9.33. The second-order valence-corrected chi connectivity index (χ2v) is 2.51. The van der Waals surface area contributed by atoms with Crippen LogP contribution >= 0.6 is 7.60 Å². The minimum absolute atomic E-state index is 0. The molecule has 0 saturated heterocycles. The molecule has 0 fully saturated rings. The second-order valence-electron chi connectivity index (χ2n) is 0.835. The largest absolute Gasteiger partial charge is 0.325 e. The Balaban J connectivity index is 0. The normalized spacial score (nSPS) is 9.83. The molecule has 0 saturated carbocycles. The van der Waals surface area contributed by atoms with E-state index in [0.29, 0.717) is 0 Å². The first kappa shape index (κ1) is 9.83. The van der Waals surface area contributed by atoms with E-state index in [9.17, 15) is 4.57 Å². The van der Waals surface area contributed by atoms with E-state index >= 15 is 0 Å². The van der Waals surface area contributed by atoms with Crippen LogP contribution in [0.25, 0.3) is 0 Å². The first-order valence-corrected chi connectivity index (χ1v) is 3.09. The van der Waals surface area contributed by atoms with E-state index in [-0.39, 0.29) is 17.1 Å². The molecule has 3 nitrogen and oxygen atoms in total. The van der Waals surface area contributed by atoms with Crippen LogP contribution in [0.3, 0.4) is 0 Å². The van der Waals surface area contributed by atoms with E-state index in [0.717, 1.165) is 6.66 Å². The van der Waals surface area contributed by atoms with Gasteiger partial charge < -0.3 is 9.79 Å². The molecule has 0 spiro atoms. The Labute approximate surface area is 46.4 Å². The van der Waals surface area contributed by atoms with Crippen LogP contribution in [0.5, 0.6) is 0 Å². The van der Waals surface area contributed by atoms with Gasteiger partial charge in [-0.25, -0.2) is 0 Å². The first-order valence-electron chi connectivity index (χ1n) is 1.03. The zero-order chi connectivity index (χ0) is 4.50. The SMILES string of the molecule is CP(=O)(O)O.[Fe]. The topological polar surface area (TPSA) is 57.5 Å². The summed E-state index contributed by atoms with van der Waals surface area (Å²) in [5.41, 5.74) is 0. The fourth-order valence-corrected chi connectivity index (χ4v) is 0. The third-order valence-electron chi connectivity index (χ3n) is 0. The van der Waals surface area contributed by atoms with Gasteiger partial charge in [0, 0.05) is 23.7 Å². The average Bonchev–Trinajstić information content (AvgIpc) is 0.722. The summed E-state index contributed by atoms with van der Waals surface area (Å²) in [5.74, 6) is 0. The van der Waals surface area contributed by atoms with Gasteiger partial charge in [0.15, 0.2) is 0 Å². The third-order valence-corrected chi connectivity index (χ3v) is 0. The molecule has 2 N–H and O–H groups in total. The Morgan fingerprint density at radius 3 is 1.50 bits per heavy atom. The van der Waals surface area contributed by atoms with Crippen LogP contribution < -0.4 is 0 Å². The molecule has 0 rings (SSSR count). The zero-order valence-electron chi connectivity index (χ0n) is 3.10. The molecule has 0 aromatic heterocycles. The zero-order valence-corrected chi connectivity index (χ0v) is 5.10. The molecule has 0 aromatic carbocycles. The Kier molecular flexibility index (Phi) is 4.55. The van der Waals surface area contributed by atoms with E-state index in [4.69, 9.17) is 9.79 Å². The fourth-order valence-electron chi connectivity index (χ4n) is 0. The quantitative estimate of drug-likeness (QED) is 0.373. The van der Waals surface area contributed by atoms with Crippen LogP contribution in [0.4, 0.5) is 0 Å². The van der Waals surface area contributed by atoms with Gasteiger partial charge in [0.2, 0.25) is 0 Å². The molecule has 0 heterocycles. The minimum Gasteiger partial charge on any atom is -0.325 e. The predicted molar refractivity (Wildman–Crippen MR) is 18.0 cm³/mol. The van der Waals surface area contributed by atoms with Crippen LogP contribution in [-0.2, 0) is 21.6 Å². The Bertz CT molecular complexity index is 56.9. The van der Waals surface area contributed by atoms with Gasteiger partial charge in [-0.15, -0.1) is 0 Å². The molecule has 5 heteroatoms. The maximum Gasteiger partial charge on any atom is 0.322 e. The van der Waals surface area contributed by atoms with Crippen molar-refractivity contribution in [2.75, 3.05) is 6.66 Å². The first-order chi connectivity index (χ1) is 2.00. The molecule has 0 aromatic rings. The molecule has 0 unspecified atom stereocenters. The van der Waals surface area contributed by atoms with Crippen molar-refractivity contribution in [1.29, 1.82) is 0 Å². The second kappa shape index (κ2) is 2.78. The van der Waals surface area contributed by atoms with Crippen LogP contribution in [0.2, 0.25) is 0 Å².